The van der Waals surface area contributed by atoms with Crippen molar-refractivity contribution in [3.8, 4) is 17.5 Å². The number of aromatic nitrogens is 2. The van der Waals surface area contributed by atoms with Crippen LogP contribution >= 0.6 is 0 Å². The van der Waals surface area contributed by atoms with E-state index in [2.05, 4.69) is 14.9 Å². The maximum atomic E-state index is 12.7. The molecule has 4 rings (SSSR count). The Morgan fingerprint density at radius 1 is 1.10 bits per heavy atom. The van der Waals surface area contributed by atoms with Gasteiger partial charge < -0.3 is 10.1 Å². The molecule has 0 unspecified atom stereocenters. The van der Waals surface area contributed by atoms with Crippen LogP contribution in [-0.2, 0) is 6.54 Å². The fourth-order valence-electron chi connectivity index (χ4n) is 3.39. The average molecular weight is 396 g/mol. The Kier molecular flexibility index (Phi) is 5.44. The van der Waals surface area contributed by atoms with Crippen molar-refractivity contribution in [2.75, 3.05) is 6.61 Å². The second kappa shape index (κ2) is 8.50. The third kappa shape index (κ3) is 4.01. The second-order valence-electron chi connectivity index (χ2n) is 6.81. The Labute approximate surface area is 174 Å². The summed E-state index contributed by atoms with van der Waals surface area (Å²) < 4.78 is 7.37. The Balaban J connectivity index is 1.51. The molecule has 0 saturated carbocycles. The minimum atomic E-state index is -0.174. The van der Waals surface area contributed by atoms with Crippen LogP contribution in [-0.4, -0.2) is 22.1 Å². The fraction of sp³-hybridized carbons (Fsp3) is 0.125. The van der Waals surface area contributed by atoms with E-state index < -0.39 is 0 Å². The van der Waals surface area contributed by atoms with Crippen LogP contribution in [0.5, 0.6) is 5.75 Å². The van der Waals surface area contributed by atoms with Crippen molar-refractivity contribution in [1.29, 1.82) is 5.26 Å². The smallest absolute Gasteiger partial charge is 0.251 e. The van der Waals surface area contributed by atoms with Gasteiger partial charge in [-0.1, -0.05) is 30.3 Å². The van der Waals surface area contributed by atoms with Crippen LogP contribution in [0.1, 0.15) is 21.7 Å². The lowest BCUT2D eigenvalue weighted by Gasteiger charge is -2.08. The van der Waals surface area contributed by atoms with Crippen molar-refractivity contribution in [3.63, 3.8) is 0 Å². The summed E-state index contributed by atoms with van der Waals surface area (Å²) in [5, 5.41) is 11.5. The van der Waals surface area contributed by atoms with Crippen molar-refractivity contribution >= 4 is 16.9 Å². The number of carbonyl (C=O) groups excluding carboxylic acids is 1. The number of nitriles is 1. The summed E-state index contributed by atoms with van der Waals surface area (Å²) in [6.07, 6.45) is 0. The van der Waals surface area contributed by atoms with E-state index in [1.165, 1.54) is 0 Å². The van der Waals surface area contributed by atoms with Crippen molar-refractivity contribution in [3.05, 3.63) is 89.7 Å². The van der Waals surface area contributed by atoms with Gasteiger partial charge >= 0.3 is 0 Å². The first-order valence-electron chi connectivity index (χ1n) is 9.57. The molecule has 6 nitrogen and oxygen atoms in total. The Morgan fingerprint density at radius 3 is 2.73 bits per heavy atom. The largest absolute Gasteiger partial charge is 0.479 e. The van der Waals surface area contributed by atoms with Gasteiger partial charge in [0.25, 0.3) is 5.91 Å². The molecule has 1 amide bonds. The number of aryl methyl sites for hydroxylation is 1. The highest BCUT2D eigenvalue weighted by atomic mass is 16.5. The number of hydrogen-bond acceptors (Lipinski definition) is 4. The lowest BCUT2D eigenvalue weighted by atomic mass is 10.1. The topological polar surface area (TPSA) is 79.9 Å². The van der Waals surface area contributed by atoms with Gasteiger partial charge in [0.15, 0.2) is 6.61 Å². The molecule has 0 atom stereocenters. The molecule has 148 valence electrons. The summed E-state index contributed by atoms with van der Waals surface area (Å²) in [6.45, 7) is 2.30. The predicted octanol–water partition coefficient (Wildman–Crippen LogP) is 4.17. The zero-order valence-electron chi connectivity index (χ0n) is 16.5. The third-order valence-corrected chi connectivity index (χ3v) is 4.75. The first-order chi connectivity index (χ1) is 14.7. The van der Waals surface area contributed by atoms with Crippen LogP contribution < -0.4 is 10.1 Å². The molecular weight excluding hydrogens is 376 g/mol. The van der Waals surface area contributed by atoms with Gasteiger partial charge in [-0.25, -0.2) is 4.98 Å². The lowest BCUT2D eigenvalue weighted by molar-refractivity contribution is 0.0951. The number of fused-ring (bicyclic) bond motifs is 1. The van der Waals surface area contributed by atoms with E-state index in [0.717, 1.165) is 28.1 Å². The van der Waals surface area contributed by atoms with Gasteiger partial charge in [-0.15, -0.1) is 0 Å². The van der Waals surface area contributed by atoms with Crippen LogP contribution in [0.15, 0.2) is 72.8 Å². The summed E-state index contributed by atoms with van der Waals surface area (Å²) in [5.74, 6) is 1.29. The number of amides is 1. The second-order valence-corrected chi connectivity index (χ2v) is 6.81. The molecule has 0 saturated heterocycles. The summed E-state index contributed by atoms with van der Waals surface area (Å²) in [7, 11) is 0. The van der Waals surface area contributed by atoms with Crippen LogP contribution in [0.2, 0.25) is 0 Å². The molecule has 1 N–H and O–H groups in total. The molecule has 0 spiro atoms. The van der Waals surface area contributed by atoms with E-state index in [1.54, 1.807) is 6.07 Å². The molecule has 0 aliphatic rings. The highest BCUT2D eigenvalue weighted by Crippen LogP contribution is 2.22. The Bertz CT molecular complexity index is 1240. The number of nitrogens with one attached hydrogen (secondary N) is 1. The minimum Gasteiger partial charge on any atom is -0.479 e. The molecule has 30 heavy (non-hydrogen) atoms. The van der Waals surface area contributed by atoms with Gasteiger partial charge in [-0.05, 0) is 55.0 Å². The summed E-state index contributed by atoms with van der Waals surface area (Å²) in [6, 6.07) is 24.8. The summed E-state index contributed by atoms with van der Waals surface area (Å²) >= 11 is 0. The molecule has 0 fully saturated rings. The van der Waals surface area contributed by atoms with E-state index in [4.69, 9.17) is 10.00 Å². The summed E-state index contributed by atoms with van der Waals surface area (Å²) in [5.41, 5.74) is 4.21. The number of para-hydroxylation sites is 1. The van der Waals surface area contributed by atoms with E-state index in [9.17, 15) is 4.79 Å². The zero-order valence-corrected chi connectivity index (χ0v) is 16.5. The van der Waals surface area contributed by atoms with Gasteiger partial charge in [0.05, 0.1) is 11.0 Å². The van der Waals surface area contributed by atoms with E-state index >= 15 is 0 Å². The molecule has 3 aromatic carbocycles. The average Bonchev–Trinajstić information content (AvgIpc) is 3.11. The molecular formula is C24H20N4O2. The maximum Gasteiger partial charge on any atom is 0.251 e. The van der Waals surface area contributed by atoms with Crippen molar-refractivity contribution < 1.29 is 9.53 Å². The van der Waals surface area contributed by atoms with E-state index in [-0.39, 0.29) is 12.5 Å². The highest BCUT2D eigenvalue weighted by molar-refractivity contribution is 5.97. The van der Waals surface area contributed by atoms with Gasteiger partial charge in [0, 0.05) is 17.8 Å². The molecule has 0 aliphatic heterocycles. The van der Waals surface area contributed by atoms with Crippen molar-refractivity contribution in [1.82, 2.24) is 14.9 Å². The molecule has 1 aromatic heterocycles. The van der Waals surface area contributed by atoms with Crippen LogP contribution in [0, 0.1) is 18.3 Å². The van der Waals surface area contributed by atoms with Gasteiger partial charge in [0.1, 0.15) is 17.6 Å². The van der Waals surface area contributed by atoms with Gasteiger partial charge in [-0.3, -0.25) is 9.36 Å². The number of hydrogen-bond donors (Lipinski definition) is 1. The maximum absolute atomic E-state index is 12.7. The lowest BCUT2D eigenvalue weighted by Crippen LogP contribution is -2.22. The van der Waals surface area contributed by atoms with E-state index in [1.807, 2.05) is 79.7 Å². The molecule has 0 bridgehead atoms. The number of rotatable bonds is 6. The number of imidazole rings is 1. The quantitative estimate of drug-likeness (QED) is 0.531. The standard InChI is InChI=1S/C24H20N4O2/c1-17-27-22-15-19(10-11-23(22)28(17)20-7-3-2-4-8-20)24(29)26-16-18-6-5-9-21(14-18)30-13-12-25/h2-11,14-15H,13,16H2,1H3,(H,26,29). The first-order valence-corrected chi connectivity index (χ1v) is 9.57. The predicted molar refractivity (Wildman–Crippen MR) is 115 cm³/mol. The molecule has 4 aromatic rings. The molecule has 0 aliphatic carbocycles. The molecule has 0 radical (unpaired) electrons. The third-order valence-electron chi connectivity index (χ3n) is 4.75. The molecule has 6 heteroatoms. The first kappa shape index (κ1) is 19.2. The Hall–Kier alpha value is -4.11. The van der Waals surface area contributed by atoms with Gasteiger partial charge in [0.2, 0.25) is 0 Å². The van der Waals surface area contributed by atoms with Crippen LogP contribution in [0.3, 0.4) is 0 Å². The van der Waals surface area contributed by atoms with Crippen LogP contribution in [0.25, 0.3) is 16.7 Å². The monoisotopic (exact) mass is 396 g/mol. The highest BCUT2D eigenvalue weighted by Gasteiger charge is 2.12. The number of nitrogens with zero attached hydrogens (tertiary/aromatic N) is 3. The minimum absolute atomic E-state index is 0.00906. The number of carbonyl (C=O) groups is 1. The number of ether oxygens (including phenoxy) is 1. The fourth-order valence-corrected chi connectivity index (χ4v) is 3.39. The SMILES string of the molecule is Cc1nc2cc(C(=O)NCc3cccc(OCC#N)c3)ccc2n1-c1ccccc1. The normalized spacial score (nSPS) is 10.5. The summed E-state index contributed by atoms with van der Waals surface area (Å²) in [4.78, 5) is 17.3. The molecule has 1 heterocycles. The van der Waals surface area contributed by atoms with E-state index in [0.29, 0.717) is 17.9 Å². The number of benzene rings is 3. The van der Waals surface area contributed by atoms with Crippen molar-refractivity contribution in [2.45, 2.75) is 13.5 Å². The zero-order chi connectivity index (χ0) is 20.9. The van der Waals surface area contributed by atoms with Crippen LogP contribution in [0.4, 0.5) is 0 Å². The van der Waals surface area contributed by atoms with Gasteiger partial charge in [-0.2, -0.15) is 5.26 Å². The Morgan fingerprint density at radius 2 is 1.93 bits per heavy atom. The van der Waals surface area contributed by atoms with Crippen molar-refractivity contribution in [2.24, 2.45) is 0 Å².